The van der Waals surface area contributed by atoms with E-state index in [-0.39, 0.29) is 17.1 Å². The molecule has 6 nitrogen and oxygen atoms in total. The number of halogens is 3. The highest BCUT2D eigenvalue weighted by molar-refractivity contribution is 7.14. The van der Waals surface area contributed by atoms with Crippen LogP contribution in [0.4, 0.5) is 13.9 Å². The summed E-state index contributed by atoms with van der Waals surface area (Å²) >= 11 is 7.34. The van der Waals surface area contributed by atoms with E-state index in [0.29, 0.717) is 21.6 Å². The Balaban J connectivity index is 1.77. The van der Waals surface area contributed by atoms with Gasteiger partial charge in [0.05, 0.1) is 24.9 Å². The lowest BCUT2D eigenvalue weighted by molar-refractivity contribution is -0.0512. The fourth-order valence-corrected chi connectivity index (χ4v) is 3.44. The first-order chi connectivity index (χ1) is 13.9. The molecule has 0 atom stereocenters. The Bertz CT molecular complexity index is 1030. The zero-order chi connectivity index (χ0) is 21.0. The number of hydrogen-bond donors (Lipinski definition) is 1. The first-order valence-electron chi connectivity index (χ1n) is 8.15. The summed E-state index contributed by atoms with van der Waals surface area (Å²) < 4.78 is 39.6. The molecule has 0 bridgehead atoms. The maximum absolute atomic E-state index is 12.6. The first kappa shape index (κ1) is 20.8. The molecular formula is C19H15ClF2N2O4S. The van der Waals surface area contributed by atoms with Gasteiger partial charge in [-0.3, -0.25) is 10.1 Å². The van der Waals surface area contributed by atoms with Crippen LogP contribution in [0.15, 0.2) is 41.8 Å². The molecule has 3 aromatic rings. The van der Waals surface area contributed by atoms with Gasteiger partial charge in [0.15, 0.2) is 16.6 Å². The highest BCUT2D eigenvalue weighted by atomic mass is 35.5. The minimum atomic E-state index is -3.04. The van der Waals surface area contributed by atoms with E-state index < -0.39 is 12.5 Å². The molecule has 1 aromatic heterocycles. The molecule has 0 aliphatic heterocycles. The Morgan fingerprint density at radius 3 is 2.48 bits per heavy atom. The predicted octanol–water partition coefficient (Wildman–Crippen LogP) is 5.33. The minimum Gasteiger partial charge on any atom is -0.495 e. The molecule has 0 aliphatic rings. The number of amides is 1. The molecule has 0 radical (unpaired) electrons. The van der Waals surface area contributed by atoms with Gasteiger partial charge >= 0.3 is 6.61 Å². The van der Waals surface area contributed by atoms with Crippen molar-refractivity contribution in [3.8, 4) is 28.5 Å². The van der Waals surface area contributed by atoms with Gasteiger partial charge in [-0.1, -0.05) is 11.6 Å². The number of aromatic nitrogens is 1. The molecule has 0 aliphatic carbocycles. The van der Waals surface area contributed by atoms with Gasteiger partial charge in [-0.2, -0.15) is 8.78 Å². The van der Waals surface area contributed by atoms with Gasteiger partial charge in [0, 0.05) is 16.5 Å². The van der Waals surface area contributed by atoms with Crippen molar-refractivity contribution in [1.82, 2.24) is 4.98 Å². The van der Waals surface area contributed by atoms with E-state index in [1.165, 1.54) is 43.8 Å². The number of benzene rings is 2. The Morgan fingerprint density at radius 1 is 1.10 bits per heavy atom. The molecule has 1 amide bonds. The second kappa shape index (κ2) is 9.06. The van der Waals surface area contributed by atoms with Crippen molar-refractivity contribution >= 4 is 34.0 Å². The van der Waals surface area contributed by atoms with Crippen LogP contribution in [0.1, 0.15) is 10.4 Å². The van der Waals surface area contributed by atoms with Crippen LogP contribution in [0.5, 0.6) is 17.2 Å². The number of nitrogens with zero attached hydrogens (tertiary/aromatic N) is 1. The normalized spacial score (nSPS) is 10.7. The van der Waals surface area contributed by atoms with Crippen LogP contribution in [-0.4, -0.2) is 31.7 Å². The lowest BCUT2D eigenvalue weighted by Gasteiger charge is -2.11. The number of nitrogens with one attached hydrogen (secondary N) is 1. The molecule has 0 spiro atoms. The standard InChI is InChI=1S/C19H15ClF2N2O4S/c1-26-14-5-3-10(7-12(14)20)13-9-29-19(23-13)24-17(25)11-4-6-15(27-2)16(8-11)28-18(21)22/h3-9,18H,1-2H3,(H,23,24,25). The summed E-state index contributed by atoms with van der Waals surface area (Å²) in [7, 11) is 2.84. The molecule has 29 heavy (non-hydrogen) atoms. The summed E-state index contributed by atoms with van der Waals surface area (Å²) in [6, 6.07) is 9.21. The van der Waals surface area contributed by atoms with Crippen molar-refractivity contribution < 1.29 is 27.8 Å². The van der Waals surface area contributed by atoms with Crippen molar-refractivity contribution in [3.63, 3.8) is 0 Å². The Hall–Kier alpha value is -2.91. The summed E-state index contributed by atoms with van der Waals surface area (Å²) in [5.41, 5.74) is 1.49. The summed E-state index contributed by atoms with van der Waals surface area (Å²) in [5.74, 6) is -0.126. The van der Waals surface area contributed by atoms with Crippen molar-refractivity contribution in [2.75, 3.05) is 19.5 Å². The fourth-order valence-electron chi connectivity index (χ4n) is 2.46. The maximum Gasteiger partial charge on any atom is 0.387 e. The van der Waals surface area contributed by atoms with Crippen LogP contribution in [-0.2, 0) is 0 Å². The number of hydrogen-bond acceptors (Lipinski definition) is 6. The summed E-state index contributed by atoms with van der Waals surface area (Å²) in [4.78, 5) is 16.8. The van der Waals surface area contributed by atoms with E-state index in [0.717, 1.165) is 5.56 Å². The SMILES string of the molecule is COc1ccc(-c2csc(NC(=O)c3ccc(OC)c(OC(F)F)c3)n2)cc1Cl. The van der Waals surface area contributed by atoms with Crippen LogP contribution in [0.2, 0.25) is 5.02 Å². The number of rotatable bonds is 7. The highest BCUT2D eigenvalue weighted by Crippen LogP contribution is 2.33. The Kier molecular flexibility index (Phi) is 6.50. The molecule has 1 N–H and O–H groups in total. The van der Waals surface area contributed by atoms with E-state index >= 15 is 0 Å². The number of alkyl halides is 2. The topological polar surface area (TPSA) is 69.7 Å². The number of carbonyl (C=O) groups excluding carboxylic acids is 1. The van der Waals surface area contributed by atoms with Crippen molar-refractivity contribution in [1.29, 1.82) is 0 Å². The number of carbonyl (C=O) groups is 1. The molecule has 3 rings (SSSR count). The molecule has 10 heteroatoms. The van der Waals surface area contributed by atoms with Crippen LogP contribution in [0.25, 0.3) is 11.3 Å². The minimum absolute atomic E-state index is 0.0924. The third-order valence-corrected chi connectivity index (χ3v) is 4.87. The molecular weight excluding hydrogens is 426 g/mol. The molecule has 0 saturated carbocycles. The van der Waals surface area contributed by atoms with Gasteiger partial charge in [-0.05, 0) is 36.4 Å². The average molecular weight is 441 g/mol. The van der Waals surface area contributed by atoms with Crippen molar-refractivity contribution in [2.45, 2.75) is 6.61 Å². The summed E-state index contributed by atoms with van der Waals surface area (Å²) in [5, 5.41) is 5.16. The lowest BCUT2D eigenvalue weighted by Crippen LogP contribution is -2.12. The van der Waals surface area contributed by atoms with E-state index in [2.05, 4.69) is 15.0 Å². The Labute approximate surface area is 174 Å². The zero-order valence-corrected chi connectivity index (χ0v) is 16.8. The van der Waals surface area contributed by atoms with Gasteiger partial charge in [0.2, 0.25) is 0 Å². The van der Waals surface area contributed by atoms with E-state index in [1.54, 1.807) is 23.6 Å². The smallest absolute Gasteiger partial charge is 0.387 e. The maximum atomic E-state index is 12.6. The van der Waals surface area contributed by atoms with E-state index in [4.69, 9.17) is 21.1 Å². The molecule has 2 aromatic carbocycles. The Morgan fingerprint density at radius 2 is 1.83 bits per heavy atom. The summed E-state index contributed by atoms with van der Waals surface area (Å²) in [6.07, 6.45) is 0. The van der Waals surface area contributed by atoms with Gasteiger partial charge in [-0.15, -0.1) is 11.3 Å². The predicted molar refractivity (Wildman–Crippen MR) is 107 cm³/mol. The van der Waals surface area contributed by atoms with Crippen molar-refractivity contribution in [3.05, 3.63) is 52.4 Å². The van der Waals surface area contributed by atoms with Crippen LogP contribution in [0, 0.1) is 0 Å². The first-order valence-corrected chi connectivity index (χ1v) is 9.40. The van der Waals surface area contributed by atoms with Crippen LogP contribution < -0.4 is 19.5 Å². The lowest BCUT2D eigenvalue weighted by atomic mass is 10.2. The van der Waals surface area contributed by atoms with Gasteiger partial charge in [0.25, 0.3) is 5.91 Å². The van der Waals surface area contributed by atoms with Crippen LogP contribution in [0.3, 0.4) is 0 Å². The van der Waals surface area contributed by atoms with Crippen molar-refractivity contribution in [2.24, 2.45) is 0 Å². The quantitative estimate of drug-likeness (QED) is 0.537. The highest BCUT2D eigenvalue weighted by Gasteiger charge is 2.16. The molecule has 0 fully saturated rings. The average Bonchev–Trinajstić information content (AvgIpc) is 3.15. The number of ether oxygens (including phenoxy) is 3. The summed E-state index contributed by atoms with van der Waals surface area (Å²) in [6.45, 7) is -3.04. The van der Waals surface area contributed by atoms with E-state index in [9.17, 15) is 13.6 Å². The third kappa shape index (κ3) is 4.93. The van der Waals surface area contributed by atoms with Gasteiger partial charge in [-0.25, -0.2) is 4.98 Å². The molecule has 0 unspecified atom stereocenters. The van der Waals surface area contributed by atoms with Gasteiger partial charge < -0.3 is 14.2 Å². The zero-order valence-electron chi connectivity index (χ0n) is 15.2. The van der Waals surface area contributed by atoms with Crippen LogP contribution >= 0.6 is 22.9 Å². The fraction of sp³-hybridized carbons (Fsp3) is 0.158. The second-order valence-electron chi connectivity index (χ2n) is 5.59. The molecule has 152 valence electrons. The number of thiazole rings is 1. The third-order valence-electron chi connectivity index (χ3n) is 3.81. The van der Waals surface area contributed by atoms with E-state index in [1.807, 2.05) is 0 Å². The monoisotopic (exact) mass is 440 g/mol. The van der Waals surface area contributed by atoms with Gasteiger partial charge in [0.1, 0.15) is 5.75 Å². The molecule has 1 heterocycles. The number of anilines is 1. The largest absolute Gasteiger partial charge is 0.495 e. The molecule has 0 saturated heterocycles. The second-order valence-corrected chi connectivity index (χ2v) is 6.85. The number of methoxy groups -OCH3 is 2.